The SMILES string of the molecule is O=C1[C@@H](OCc2ccccc2)[C@@H](c2ccco2)N1/N=C\c1ccco1. The van der Waals surface area contributed by atoms with Crippen molar-refractivity contribution in [3.8, 4) is 0 Å². The Morgan fingerprint density at radius 2 is 1.84 bits per heavy atom. The minimum absolute atomic E-state index is 0.208. The molecule has 0 saturated carbocycles. The maximum atomic E-state index is 12.5. The number of nitrogens with zero attached hydrogens (tertiary/aromatic N) is 2. The Kier molecular flexibility index (Phi) is 4.18. The van der Waals surface area contributed by atoms with Crippen LogP contribution in [0.25, 0.3) is 0 Å². The van der Waals surface area contributed by atoms with Gasteiger partial charge in [-0.3, -0.25) is 4.79 Å². The van der Waals surface area contributed by atoms with Crippen LogP contribution in [-0.2, 0) is 16.1 Å². The van der Waals surface area contributed by atoms with E-state index in [4.69, 9.17) is 13.6 Å². The van der Waals surface area contributed by atoms with Gasteiger partial charge in [0, 0.05) is 0 Å². The number of β-lactam (4-membered cyclic amide) rings is 1. The topological polar surface area (TPSA) is 68.2 Å². The number of hydrazone groups is 1. The van der Waals surface area contributed by atoms with E-state index in [1.807, 2.05) is 36.4 Å². The summed E-state index contributed by atoms with van der Waals surface area (Å²) in [6, 6.07) is 16.4. The molecule has 6 nitrogen and oxygen atoms in total. The molecule has 1 saturated heterocycles. The number of hydrogen-bond donors (Lipinski definition) is 0. The van der Waals surface area contributed by atoms with E-state index in [2.05, 4.69) is 5.10 Å². The second-order valence-corrected chi connectivity index (χ2v) is 5.62. The summed E-state index contributed by atoms with van der Waals surface area (Å²) in [6.45, 7) is 0.351. The lowest BCUT2D eigenvalue weighted by atomic mass is 9.98. The Bertz CT molecular complexity index is 841. The lowest BCUT2D eigenvalue weighted by molar-refractivity contribution is -0.178. The molecule has 1 aliphatic rings. The van der Waals surface area contributed by atoms with Crippen LogP contribution in [0.1, 0.15) is 23.1 Å². The van der Waals surface area contributed by atoms with Gasteiger partial charge in [-0.1, -0.05) is 30.3 Å². The van der Waals surface area contributed by atoms with Gasteiger partial charge in [0.15, 0.2) is 6.10 Å². The zero-order valence-corrected chi connectivity index (χ0v) is 13.3. The van der Waals surface area contributed by atoms with Crippen LogP contribution >= 0.6 is 0 Å². The van der Waals surface area contributed by atoms with Gasteiger partial charge in [-0.25, -0.2) is 5.01 Å². The normalized spacial score (nSPS) is 20.2. The lowest BCUT2D eigenvalue weighted by Gasteiger charge is -2.41. The first-order valence-electron chi connectivity index (χ1n) is 7.92. The van der Waals surface area contributed by atoms with Crippen LogP contribution in [0, 0.1) is 0 Å². The van der Waals surface area contributed by atoms with Crippen molar-refractivity contribution >= 4 is 12.1 Å². The summed E-state index contributed by atoms with van der Waals surface area (Å²) < 4.78 is 16.5. The first kappa shape index (κ1) is 15.4. The van der Waals surface area contributed by atoms with E-state index in [9.17, 15) is 4.79 Å². The highest BCUT2D eigenvalue weighted by atomic mass is 16.5. The number of ether oxygens (including phenoxy) is 1. The molecule has 1 aliphatic heterocycles. The maximum absolute atomic E-state index is 12.5. The summed E-state index contributed by atoms with van der Waals surface area (Å²) in [4.78, 5) is 12.5. The molecule has 0 aliphatic carbocycles. The fraction of sp³-hybridized carbons (Fsp3) is 0.158. The first-order valence-corrected chi connectivity index (χ1v) is 7.92. The average Bonchev–Trinajstić information content (AvgIpc) is 3.34. The Morgan fingerprint density at radius 3 is 2.56 bits per heavy atom. The molecule has 126 valence electrons. The highest BCUT2D eigenvalue weighted by Crippen LogP contribution is 2.38. The number of furan rings is 2. The van der Waals surface area contributed by atoms with E-state index in [0.717, 1.165) is 5.56 Å². The molecular formula is C19H16N2O4. The van der Waals surface area contributed by atoms with Gasteiger partial charge >= 0.3 is 0 Å². The van der Waals surface area contributed by atoms with Crippen LogP contribution in [0.15, 0.2) is 81.1 Å². The van der Waals surface area contributed by atoms with Crippen molar-refractivity contribution in [1.82, 2.24) is 5.01 Å². The van der Waals surface area contributed by atoms with Crippen molar-refractivity contribution in [1.29, 1.82) is 0 Å². The molecule has 3 heterocycles. The predicted octanol–water partition coefficient (Wildman–Crippen LogP) is 3.38. The molecule has 1 amide bonds. The highest BCUT2D eigenvalue weighted by molar-refractivity contribution is 5.90. The third-order valence-corrected chi connectivity index (χ3v) is 3.98. The Balaban J connectivity index is 1.50. The third kappa shape index (κ3) is 3.12. The highest BCUT2D eigenvalue weighted by Gasteiger charge is 2.51. The molecule has 0 N–H and O–H groups in total. The fourth-order valence-electron chi connectivity index (χ4n) is 2.71. The monoisotopic (exact) mass is 336 g/mol. The average molecular weight is 336 g/mol. The molecule has 0 spiro atoms. The number of carbonyl (C=O) groups is 1. The van der Waals surface area contributed by atoms with E-state index < -0.39 is 12.1 Å². The van der Waals surface area contributed by atoms with Crippen molar-refractivity contribution in [2.45, 2.75) is 18.8 Å². The number of carbonyl (C=O) groups excluding carboxylic acids is 1. The Labute approximate surface area is 144 Å². The van der Waals surface area contributed by atoms with Gasteiger partial charge in [-0.15, -0.1) is 0 Å². The first-order chi connectivity index (χ1) is 12.3. The zero-order chi connectivity index (χ0) is 17.1. The molecule has 2 atom stereocenters. The lowest BCUT2D eigenvalue weighted by Crippen LogP contribution is -2.57. The van der Waals surface area contributed by atoms with E-state index in [1.165, 1.54) is 11.2 Å². The minimum atomic E-state index is -0.625. The molecule has 0 radical (unpaired) electrons. The third-order valence-electron chi connectivity index (χ3n) is 3.98. The second-order valence-electron chi connectivity index (χ2n) is 5.62. The molecule has 2 aromatic heterocycles. The largest absolute Gasteiger partial charge is 0.467 e. The smallest absolute Gasteiger partial charge is 0.275 e. The van der Waals surface area contributed by atoms with E-state index in [-0.39, 0.29) is 5.91 Å². The molecule has 0 unspecified atom stereocenters. The second kappa shape index (κ2) is 6.78. The van der Waals surface area contributed by atoms with Crippen LogP contribution in [-0.4, -0.2) is 23.2 Å². The number of hydrogen-bond acceptors (Lipinski definition) is 5. The van der Waals surface area contributed by atoms with E-state index >= 15 is 0 Å². The molecule has 3 aromatic rings. The minimum Gasteiger partial charge on any atom is -0.467 e. The van der Waals surface area contributed by atoms with Gasteiger partial charge in [0.2, 0.25) is 0 Å². The van der Waals surface area contributed by atoms with Crippen LogP contribution < -0.4 is 0 Å². The van der Waals surface area contributed by atoms with Crippen molar-refractivity contribution < 1.29 is 18.4 Å². The van der Waals surface area contributed by atoms with Crippen LogP contribution in [0.4, 0.5) is 0 Å². The summed E-state index contributed by atoms with van der Waals surface area (Å²) in [5.74, 6) is 0.994. The molecule has 0 bridgehead atoms. The van der Waals surface area contributed by atoms with Gasteiger partial charge in [0.25, 0.3) is 5.91 Å². The summed E-state index contributed by atoms with van der Waals surface area (Å²) in [5, 5.41) is 5.58. The summed E-state index contributed by atoms with van der Waals surface area (Å²) in [5.41, 5.74) is 1.01. The van der Waals surface area contributed by atoms with Gasteiger partial charge in [-0.05, 0) is 29.8 Å². The number of amides is 1. The standard InChI is InChI=1S/C19H16N2O4/c22-19-18(25-13-14-6-2-1-3-7-14)17(16-9-5-11-24-16)21(19)20-12-15-8-4-10-23-15/h1-12,17-18H,13H2/b20-12-/t17-,18+/m1/s1. The van der Waals surface area contributed by atoms with Gasteiger partial charge in [0.05, 0.1) is 25.3 Å². The van der Waals surface area contributed by atoms with Crippen molar-refractivity contribution in [3.05, 3.63) is 84.2 Å². The fourth-order valence-corrected chi connectivity index (χ4v) is 2.71. The van der Waals surface area contributed by atoms with Crippen LogP contribution in [0.2, 0.25) is 0 Å². The van der Waals surface area contributed by atoms with E-state index in [0.29, 0.717) is 18.1 Å². The molecule has 1 fully saturated rings. The van der Waals surface area contributed by atoms with Gasteiger partial charge in [0.1, 0.15) is 17.6 Å². The molecular weight excluding hydrogens is 320 g/mol. The van der Waals surface area contributed by atoms with Crippen molar-refractivity contribution in [2.24, 2.45) is 5.10 Å². The van der Waals surface area contributed by atoms with Gasteiger partial charge < -0.3 is 13.6 Å². The zero-order valence-electron chi connectivity index (χ0n) is 13.3. The maximum Gasteiger partial charge on any atom is 0.275 e. The van der Waals surface area contributed by atoms with Crippen LogP contribution in [0.5, 0.6) is 0 Å². The molecule has 6 heteroatoms. The van der Waals surface area contributed by atoms with Crippen LogP contribution in [0.3, 0.4) is 0 Å². The number of benzene rings is 1. The van der Waals surface area contributed by atoms with E-state index in [1.54, 1.807) is 30.7 Å². The van der Waals surface area contributed by atoms with Gasteiger partial charge in [-0.2, -0.15) is 5.10 Å². The van der Waals surface area contributed by atoms with Crippen molar-refractivity contribution in [3.63, 3.8) is 0 Å². The Hall–Kier alpha value is -3.12. The number of rotatable bonds is 6. The quantitative estimate of drug-likeness (QED) is 0.511. The molecule has 4 rings (SSSR count). The molecule has 25 heavy (non-hydrogen) atoms. The predicted molar refractivity (Wildman–Crippen MR) is 89.6 cm³/mol. The van der Waals surface area contributed by atoms with Crippen molar-refractivity contribution in [2.75, 3.05) is 0 Å². The summed E-state index contributed by atoms with van der Waals surface area (Å²) >= 11 is 0. The molecule has 1 aromatic carbocycles. The summed E-state index contributed by atoms with van der Waals surface area (Å²) in [6.07, 6.45) is 4.00. The summed E-state index contributed by atoms with van der Waals surface area (Å²) in [7, 11) is 0. The Morgan fingerprint density at radius 1 is 1.04 bits per heavy atom.